The van der Waals surface area contributed by atoms with Crippen molar-refractivity contribution >= 4 is 86.0 Å². The third-order valence-electron chi connectivity index (χ3n) is 14.3. The summed E-state index contributed by atoms with van der Waals surface area (Å²) in [7, 11) is -3.01. The fraction of sp³-hybridized carbons (Fsp3) is 0.288. The second-order valence-corrected chi connectivity index (χ2v) is 26.5. The first-order chi connectivity index (χ1) is 29.7. The molecule has 0 aromatic heterocycles. The van der Waals surface area contributed by atoms with Crippen molar-refractivity contribution in [2.75, 3.05) is 9.80 Å². The van der Waals surface area contributed by atoms with Crippen LogP contribution in [-0.4, -0.2) is 14.8 Å². The van der Waals surface area contributed by atoms with Crippen LogP contribution in [-0.2, 0) is 21.7 Å². The molecular weight excluding hydrogens is 776 g/mol. The molecule has 4 heteroatoms. The Kier molecular flexibility index (Phi) is 9.18. The summed E-state index contributed by atoms with van der Waals surface area (Å²) in [5.74, 6) is 0. The quantitative estimate of drug-likeness (QED) is 0.163. The van der Waals surface area contributed by atoms with Gasteiger partial charge in [-0.1, -0.05) is 180 Å². The van der Waals surface area contributed by atoms with Crippen molar-refractivity contribution in [2.24, 2.45) is 0 Å². The lowest BCUT2D eigenvalue weighted by Crippen LogP contribution is -2.88. The Bertz CT molecular complexity index is 2870. The summed E-state index contributed by atoms with van der Waals surface area (Å²) in [6.45, 7) is 30.6. The fourth-order valence-electron chi connectivity index (χ4n) is 10.9. The van der Waals surface area contributed by atoms with E-state index in [0.29, 0.717) is 0 Å². The third kappa shape index (κ3) is 6.33. The summed E-state index contributed by atoms with van der Waals surface area (Å²) < 4.78 is 0. The Hall–Kier alpha value is -5.58. The molecule has 0 spiro atoms. The van der Waals surface area contributed by atoms with Crippen LogP contribution in [0.25, 0.3) is 0 Å². The van der Waals surface area contributed by atoms with Crippen LogP contribution >= 0.6 is 0 Å². The molecule has 3 heterocycles. The van der Waals surface area contributed by atoms with Crippen LogP contribution in [0.2, 0.25) is 0 Å². The summed E-state index contributed by atoms with van der Waals surface area (Å²) in [6, 6.07) is 57.7. The van der Waals surface area contributed by atoms with Gasteiger partial charge in [0.05, 0.1) is 0 Å². The van der Waals surface area contributed by atoms with E-state index in [4.69, 9.17) is 0 Å². The number of hydrogen-bond donors (Lipinski definition) is 0. The molecule has 0 aliphatic carbocycles. The molecule has 7 aromatic carbocycles. The molecule has 10 rings (SSSR count). The molecule has 63 heavy (non-hydrogen) atoms. The van der Waals surface area contributed by atoms with Crippen molar-refractivity contribution in [3.8, 4) is 0 Å². The highest BCUT2D eigenvalue weighted by atomic mass is 28.3. The molecule has 0 fully saturated rings. The first-order valence-corrected chi connectivity index (χ1v) is 25.1. The second-order valence-electron chi connectivity index (χ2n) is 22.8. The Morgan fingerprint density at radius 2 is 0.825 bits per heavy atom. The maximum atomic E-state index is 2.67. The molecule has 0 bridgehead atoms. The van der Waals surface area contributed by atoms with Gasteiger partial charge in [0.2, 0.25) is 0 Å². The molecule has 2 nitrogen and oxygen atoms in total. The van der Waals surface area contributed by atoms with Crippen LogP contribution < -0.4 is 46.9 Å². The van der Waals surface area contributed by atoms with Crippen LogP contribution in [0.3, 0.4) is 0 Å². The van der Waals surface area contributed by atoms with Gasteiger partial charge < -0.3 is 9.80 Å². The Morgan fingerprint density at radius 1 is 0.365 bits per heavy atom. The molecule has 0 atom stereocenters. The van der Waals surface area contributed by atoms with Crippen molar-refractivity contribution in [1.29, 1.82) is 0 Å². The highest BCUT2D eigenvalue weighted by Crippen LogP contribution is 2.47. The summed E-state index contributed by atoms with van der Waals surface area (Å²) in [6.07, 6.45) is 0. The molecular formula is C59H63BN2Si. The Labute approximate surface area is 379 Å². The van der Waals surface area contributed by atoms with Crippen molar-refractivity contribution in [1.82, 2.24) is 0 Å². The van der Waals surface area contributed by atoms with E-state index in [9.17, 15) is 0 Å². The SMILES string of the molecule is Cc1cc2c3c(c1)N(c1ccc(C(C)(C)C)cc1)c1cc(C(C)(C)C)cc4c1B3c1c(cccc1[Si]4(c1ccccc1)c1ccccc1)N2c1cc(C(C)(C)C)cc(C(C)(C)C)c1. The van der Waals surface area contributed by atoms with E-state index in [-0.39, 0.29) is 28.4 Å². The van der Waals surface area contributed by atoms with Gasteiger partial charge in [0, 0.05) is 34.1 Å². The summed E-state index contributed by atoms with van der Waals surface area (Å²) in [5.41, 5.74) is 18.5. The summed E-state index contributed by atoms with van der Waals surface area (Å²) in [5, 5.41) is 5.87. The van der Waals surface area contributed by atoms with E-state index in [2.05, 4.69) is 245 Å². The first kappa shape index (κ1) is 41.4. The van der Waals surface area contributed by atoms with Crippen LogP contribution in [0.4, 0.5) is 34.1 Å². The molecule has 0 saturated heterocycles. The van der Waals surface area contributed by atoms with Gasteiger partial charge in [0.1, 0.15) is 0 Å². The lowest BCUT2D eigenvalue weighted by molar-refractivity contribution is 0.569. The van der Waals surface area contributed by atoms with Crippen molar-refractivity contribution in [2.45, 2.75) is 112 Å². The van der Waals surface area contributed by atoms with E-state index >= 15 is 0 Å². The smallest absolute Gasteiger partial charge is 0.251 e. The predicted molar refractivity (Wildman–Crippen MR) is 277 cm³/mol. The number of nitrogens with zero attached hydrogens (tertiary/aromatic N) is 2. The monoisotopic (exact) mass is 838 g/mol. The minimum absolute atomic E-state index is 0.0339. The highest BCUT2D eigenvalue weighted by Gasteiger charge is 2.56. The zero-order chi connectivity index (χ0) is 44.6. The lowest BCUT2D eigenvalue weighted by Gasteiger charge is -2.52. The van der Waals surface area contributed by atoms with Gasteiger partial charge in [-0.3, -0.25) is 0 Å². The van der Waals surface area contributed by atoms with Gasteiger partial charge in [-0.05, 0) is 142 Å². The maximum absolute atomic E-state index is 3.01. The van der Waals surface area contributed by atoms with E-state index in [0.717, 1.165) is 0 Å². The molecule has 7 aromatic rings. The molecule has 0 saturated carbocycles. The highest BCUT2D eigenvalue weighted by molar-refractivity contribution is 7.27. The molecule has 0 radical (unpaired) electrons. The third-order valence-corrected chi connectivity index (χ3v) is 19.2. The summed E-state index contributed by atoms with van der Waals surface area (Å²) >= 11 is 0. The summed E-state index contributed by atoms with van der Waals surface area (Å²) in [4.78, 5) is 5.32. The van der Waals surface area contributed by atoms with Gasteiger partial charge >= 0.3 is 0 Å². The fourth-order valence-corrected chi connectivity index (χ4v) is 16.3. The normalized spacial score (nSPS) is 15.1. The van der Waals surface area contributed by atoms with Crippen LogP contribution in [0.5, 0.6) is 0 Å². The molecule has 0 amide bonds. The van der Waals surface area contributed by atoms with E-state index < -0.39 is 8.07 Å². The molecule has 0 unspecified atom stereocenters. The number of benzene rings is 7. The molecule has 3 aliphatic heterocycles. The average Bonchev–Trinajstić information content (AvgIpc) is 3.23. The Balaban J connectivity index is 1.42. The minimum Gasteiger partial charge on any atom is -0.311 e. The second kappa shape index (κ2) is 14.0. The Morgan fingerprint density at radius 3 is 1.33 bits per heavy atom. The first-order valence-electron chi connectivity index (χ1n) is 23.1. The average molecular weight is 839 g/mol. The maximum Gasteiger partial charge on any atom is 0.251 e. The lowest BCUT2D eigenvalue weighted by atomic mass is 9.33. The van der Waals surface area contributed by atoms with Gasteiger partial charge in [-0.25, -0.2) is 0 Å². The zero-order valence-corrected chi connectivity index (χ0v) is 40.8. The van der Waals surface area contributed by atoms with Crippen molar-refractivity contribution in [3.63, 3.8) is 0 Å². The van der Waals surface area contributed by atoms with Crippen LogP contribution in [0.1, 0.15) is 111 Å². The van der Waals surface area contributed by atoms with Gasteiger partial charge in [0.25, 0.3) is 6.71 Å². The number of anilines is 6. The number of rotatable bonds is 4. The van der Waals surface area contributed by atoms with E-state index in [1.807, 2.05) is 0 Å². The van der Waals surface area contributed by atoms with E-state index in [1.54, 1.807) is 0 Å². The molecule has 316 valence electrons. The topological polar surface area (TPSA) is 6.48 Å². The zero-order valence-electron chi connectivity index (χ0n) is 39.8. The van der Waals surface area contributed by atoms with Crippen LogP contribution in [0, 0.1) is 6.92 Å². The van der Waals surface area contributed by atoms with Gasteiger partial charge in [-0.2, -0.15) is 0 Å². The number of aryl methyl sites for hydroxylation is 1. The standard InChI is InChI=1S/C59H63BN2Si/c1-38-31-48-53-49(32-38)62(44-34-40(57(5,6)7)33-41(35-44)58(8,9)10)47-25-20-26-51-54(47)60(53)55-50(61(48)43-29-27-39(28-30-43)56(2,3)4)36-42(59(11,12)13)37-52(55)63(51,45-21-16-14-17-22-45)46-23-18-15-19-24-46/h14-37H,1-13H3. The van der Waals surface area contributed by atoms with Gasteiger partial charge in [-0.15, -0.1) is 0 Å². The van der Waals surface area contributed by atoms with Crippen molar-refractivity contribution in [3.05, 3.63) is 173 Å². The number of hydrogen-bond acceptors (Lipinski definition) is 2. The predicted octanol–water partition coefficient (Wildman–Crippen LogP) is 11.0. The van der Waals surface area contributed by atoms with Crippen molar-refractivity contribution < 1.29 is 0 Å². The van der Waals surface area contributed by atoms with Crippen LogP contribution in [0.15, 0.2) is 146 Å². The van der Waals surface area contributed by atoms with E-state index in [1.165, 1.54) is 99.1 Å². The largest absolute Gasteiger partial charge is 0.311 e. The molecule has 3 aliphatic rings. The van der Waals surface area contributed by atoms with Gasteiger partial charge in [0.15, 0.2) is 8.07 Å². The molecule has 0 N–H and O–H groups in total. The minimum atomic E-state index is -3.01.